The molecule has 0 bridgehead atoms. The minimum absolute atomic E-state index is 0.235. The first kappa shape index (κ1) is 15.8. The summed E-state index contributed by atoms with van der Waals surface area (Å²) in [6.45, 7) is 3.91. The molecule has 1 aliphatic heterocycles. The van der Waals surface area contributed by atoms with Crippen molar-refractivity contribution in [2.75, 3.05) is 33.9 Å². The summed E-state index contributed by atoms with van der Waals surface area (Å²) in [5.74, 6) is -0.515. The largest absolute Gasteiger partial charge is 0.480 e. The number of urea groups is 1. The van der Waals surface area contributed by atoms with Crippen LogP contribution in [0.25, 0.3) is 0 Å². The number of amides is 2. The molecule has 0 spiro atoms. The molecular formula is C13H24N2O4. The second-order valence-corrected chi connectivity index (χ2v) is 5.09. The van der Waals surface area contributed by atoms with Crippen molar-refractivity contribution >= 4 is 12.0 Å². The van der Waals surface area contributed by atoms with Crippen LogP contribution in [0, 0.1) is 5.92 Å². The van der Waals surface area contributed by atoms with Gasteiger partial charge in [0.05, 0.1) is 0 Å². The molecule has 6 heteroatoms. The first-order valence-electron chi connectivity index (χ1n) is 6.75. The van der Waals surface area contributed by atoms with Gasteiger partial charge in [-0.05, 0) is 25.2 Å². The quantitative estimate of drug-likeness (QED) is 0.818. The summed E-state index contributed by atoms with van der Waals surface area (Å²) in [6, 6.07) is -0.995. The van der Waals surface area contributed by atoms with Crippen molar-refractivity contribution in [1.29, 1.82) is 0 Å². The van der Waals surface area contributed by atoms with E-state index >= 15 is 0 Å². The number of carboxylic acid groups (broad SMARTS) is 1. The number of carbonyl (C=O) groups excluding carboxylic acids is 1. The molecule has 0 saturated carbocycles. The van der Waals surface area contributed by atoms with Crippen LogP contribution in [0.4, 0.5) is 4.79 Å². The maximum Gasteiger partial charge on any atom is 0.326 e. The van der Waals surface area contributed by atoms with E-state index in [-0.39, 0.29) is 6.03 Å². The number of carboxylic acids is 1. The fourth-order valence-electron chi connectivity index (χ4n) is 2.41. The van der Waals surface area contributed by atoms with E-state index in [0.717, 1.165) is 26.1 Å². The van der Waals surface area contributed by atoms with Crippen LogP contribution in [0.5, 0.6) is 0 Å². The highest BCUT2D eigenvalue weighted by Crippen LogP contribution is 2.16. The van der Waals surface area contributed by atoms with Gasteiger partial charge in [0.2, 0.25) is 0 Å². The molecule has 0 aliphatic carbocycles. The van der Waals surface area contributed by atoms with Crippen LogP contribution in [0.15, 0.2) is 0 Å². The van der Waals surface area contributed by atoms with Crippen molar-refractivity contribution in [1.82, 2.24) is 9.80 Å². The number of ether oxygens (including phenoxy) is 1. The Labute approximate surface area is 114 Å². The molecule has 19 heavy (non-hydrogen) atoms. The molecule has 6 nitrogen and oxygen atoms in total. The van der Waals surface area contributed by atoms with Gasteiger partial charge in [0.1, 0.15) is 6.04 Å². The lowest BCUT2D eigenvalue weighted by Gasteiger charge is -2.32. The van der Waals surface area contributed by atoms with Crippen LogP contribution in [-0.4, -0.2) is 66.8 Å². The molecule has 1 unspecified atom stereocenters. The molecule has 0 aromatic carbocycles. The number of hydrogen-bond acceptors (Lipinski definition) is 3. The Bertz CT molecular complexity index is 316. The Balaban J connectivity index is 2.52. The first-order chi connectivity index (χ1) is 8.97. The van der Waals surface area contributed by atoms with E-state index in [9.17, 15) is 9.59 Å². The number of aliphatic carboxylic acids is 1. The molecule has 1 N–H and O–H groups in total. The molecule has 1 fully saturated rings. The van der Waals surface area contributed by atoms with Crippen LogP contribution in [0.2, 0.25) is 0 Å². The summed E-state index contributed by atoms with van der Waals surface area (Å²) in [5, 5.41) is 9.07. The number of nitrogens with zero attached hydrogens (tertiary/aromatic N) is 2. The minimum atomic E-state index is -0.960. The van der Waals surface area contributed by atoms with Crippen molar-refractivity contribution in [3.63, 3.8) is 0 Å². The van der Waals surface area contributed by atoms with Gasteiger partial charge in [-0.2, -0.15) is 0 Å². The SMILES string of the molecule is CCC(C(=O)O)N(C)C(=O)N(C)CC1CCOCC1. The van der Waals surface area contributed by atoms with Crippen LogP contribution in [-0.2, 0) is 9.53 Å². The van der Waals surface area contributed by atoms with Gasteiger partial charge >= 0.3 is 12.0 Å². The van der Waals surface area contributed by atoms with E-state index in [1.807, 2.05) is 0 Å². The van der Waals surface area contributed by atoms with E-state index < -0.39 is 12.0 Å². The van der Waals surface area contributed by atoms with E-state index in [1.54, 1.807) is 25.9 Å². The van der Waals surface area contributed by atoms with Gasteiger partial charge in [-0.15, -0.1) is 0 Å². The van der Waals surface area contributed by atoms with E-state index in [1.165, 1.54) is 4.90 Å². The maximum absolute atomic E-state index is 12.2. The van der Waals surface area contributed by atoms with Crippen molar-refractivity contribution in [2.24, 2.45) is 5.92 Å². The lowest BCUT2D eigenvalue weighted by molar-refractivity contribution is -0.142. The van der Waals surface area contributed by atoms with Gasteiger partial charge in [-0.25, -0.2) is 9.59 Å². The monoisotopic (exact) mass is 272 g/mol. The summed E-state index contributed by atoms with van der Waals surface area (Å²) in [4.78, 5) is 26.2. The summed E-state index contributed by atoms with van der Waals surface area (Å²) in [6.07, 6.45) is 2.32. The Morgan fingerprint density at radius 3 is 2.37 bits per heavy atom. The van der Waals surface area contributed by atoms with Gasteiger partial charge < -0.3 is 19.6 Å². The molecule has 2 amide bonds. The average Bonchev–Trinajstić information content (AvgIpc) is 2.39. The second kappa shape index (κ2) is 7.33. The Kier molecular flexibility index (Phi) is 6.08. The predicted octanol–water partition coefficient (Wildman–Crippen LogP) is 1.26. The number of hydrogen-bond donors (Lipinski definition) is 1. The summed E-state index contributed by atoms with van der Waals surface area (Å²) in [7, 11) is 3.27. The zero-order chi connectivity index (χ0) is 14.4. The Hall–Kier alpha value is -1.30. The van der Waals surface area contributed by atoms with Crippen LogP contribution < -0.4 is 0 Å². The van der Waals surface area contributed by atoms with Crippen LogP contribution in [0.3, 0.4) is 0 Å². The van der Waals surface area contributed by atoms with Gasteiger partial charge in [-0.1, -0.05) is 6.92 Å². The van der Waals surface area contributed by atoms with Crippen molar-refractivity contribution < 1.29 is 19.4 Å². The summed E-state index contributed by atoms with van der Waals surface area (Å²) in [5.41, 5.74) is 0. The molecule has 0 aromatic heterocycles. The van der Waals surface area contributed by atoms with Crippen molar-refractivity contribution in [3.05, 3.63) is 0 Å². The van der Waals surface area contributed by atoms with Gasteiger partial charge in [-0.3, -0.25) is 0 Å². The average molecular weight is 272 g/mol. The minimum Gasteiger partial charge on any atom is -0.480 e. The molecule has 1 heterocycles. The Morgan fingerprint density at radius 1 is 1.32 bits per heavy atom. The number of rotatable bonds is 5. The third-order valence-corrected chi connectivity index (χ3v) is 3.64. The third kappa shape index (κ3) is 4.38. The summed E-state index contributed by atoms with van der Waals surface area (Å²) >= 11 is 0. The molecule has 1 aliphatic rings. The van der Waals surface area contributed by atoms with Gasteiger partial charge in [0, 0.05) is 33.9 Å². The second-order valence-electron chi connectivity index (χ2n) is 5.09. The standard InChI is InChI=1S/C13H24N2O4/c1-4-11(12(16)17)15(3)13(18)14(2)9-10-5-7-19-8-6-10/h10-11H,4-9H2,1-3H3,(H,16,17). The molecule has 0 radical (unpaired) electrons. The number of carbonyl (C=O) groups is 2. The van der Waals surface area contributed by atoms with Crippen molar-refractivity contribution in [2.45, 2.75) is 32.2 Å². The van der Waals surface area contributed by atoms with Crippen LogP contribution in [0.1, 0.15) is 26.2 Å². The molecule has 110 valence electrons. The van der Waals surface area contributed by atoms with E-state index in [2.05, 4.69) is 0 Å². The fourth-order valence-corrected chi connectivity index (χ4v) is 2.41. The third-order valence-electron chi connectivity index (χ3n) is 3.64. The first-order valence-corrected chi connectivity index (χ1v) is 6.75. The molecule has 1 saturated heterocycles. The maximum atomic E-state index is 12.2. The fraction of sp³-hybridized carbons (Fsp3) is 0.846. The normalized spacial score (nSPS) is 17.8. The molecule has 1 atom stereocenters. The topological polar surface area (TPSA) is 70.1 Å². The lowest BCUT2D eigenvalue weighted by atomic mass is 10.00. The predicted molar refractivity (Wildman–Crippen MR) is 71.0 cm³/mol. The van der Waals surface area contributed by atoms with E-state index in [0.29, 0.717) is 18.9 Å². The number of likely N-dealkylation sites (N-methyl/N-ethyl adjacent to an activating group) is 1. The summed E-state index contributed by atoms with van der Waals surface area (Å²) < 4.78 is 5.28. The molecule has 0 aromatic rings. The molecule has 1 rings (SSSR count). The van der Waals surface area contributed by atoms with Gasteiger partial charge in [0.15, 0.2) is 0 Å². The smallest absolute Gasteiger partial charge is 0.326 e. The highest BCUT2D eigenvalue weighted by atomic mass is 16.5. The van der Waals surface area contributed by atoms with Crippen molar-refractivity contribution in [3.8, 4) is 0 Å². The van der Waals surface area contributed by atoms with Crippen LogP contribution >= 0.6 is 0 Å². The lowest BCUT2D eigenvalue weighted by Crippen LogP contribution is -2.48. The molecular weight excluding hydrogens is 248 g/mol. The Morgan fingerprint density at radius 2 is 1.89 bits per heavy atom. The van der Waals surface area contributed by atoms with E-state index in [4.69, 9.17) is 9.84 Å². The zero-order valence-electron chi connectivity index (χ0n) is 12.0. The highest BCUT2D eigenvalue weighted by molar-refractivity contribution is 5.82. The highest BCUT2D eigenvalue weighted by Gasteiger charge is 2.28. The van der Waals surface area contributed by atoms with Gasteiger partial charge in [0.25, 0.3) is 0 Å². The zero-order valence-corrected chi connectivity index (χ0v) is 12.0.